The predicted molar refractivity (Wildman–Crippen MR) is 99.6 cm³/mol. The third-order valence-corrected chi connectivity index (χ3v) is 12.8. The second kappa shape index (κ2) is 15.5. The van der Waals surface area contributed by atoms with Crippen molar-refractivity contribution in [1.82, 2.24) is 0 Å². The number of hydrogen-bond donors (Lipinski definition) is 1. The van der Waals surface area contributed by atoms with Gasteiger partial charge in [-0.3, -0.25) is 0 Å². The molecule has 0 saturated carbocycles. The van der Waals surface area contributed by atoms with Gasteiger partial charge in [-0.15, -0.1) is 0 Å². The minimum absolute atomic E-state index is 0.260. The number of ether oxygens (including phenoxy) is 1. The van der Waals surface area contributed by atoms with Crippen molar-refractivity contribution < 1.29 is 9.84 Å². The zero-order valence-electron chi connectivity index (χ0n) is 15.0. The van der Waals surface area contributed by atoms with E-state index < -0.39 is 19.8 Å². The van der Waals surface area contributed by atoms with E-state index in [1.807, 2.05) is 0 Å². The molecule has 22 heavy (non-hydrogen) atoms. The molecule has 0 aliphatic carbocycles. The number of hydrogen-bond acceptors (Lipinski definition) is 2. The third-order valence-electron chi connectivity index (χ3n) is 3.72. The average molecular weight is 414 g/mol. The van der Waals surface area contributed by atoms with Gasteiger partial charge in [0, 0.05) is 0 Å². The maximum absolute atomic E-state index is 8.80. The SMILES string of the molecule is CCC[CH2][Sn]([CH2]CCC)[CH2]CCC.COc1ccc(O)cc1. The van der Waals surface area contributed by atoms with Crippen LogP contribution in [0.3, 0.4) is 0 Å². The Hall–Kier alpha value is -0.381. The van der Waals surface area contributed by atoms with Gasteiger partial charge in [0.25, 0.3) is 0 Å². The number of phenolic OH excluding ortho intramolecular Hbond substituents is 1. The number of unbranched alkanes of at least 4 members (excludes halogenated alkanes) is 3. The number of aromatic hydroxyl groups is 1. The molecular formula is C19H35O2Sn. The van der Waals surface area contributed by atoms with Crippen LogP contribution in [0.1, 0.15) is 59.3 Å². The number of rotatable bonds is 10. The second-order valence-electron chi connectivity index (χ2n) is 5.76. The summed E-state index contributed by atoms with van der Waals surface area (Å²) in [6, 6.07) is 6.57. The molecular weight excluding hydrogens is 379 g/mol. The molecule has 2 nitrogen and oxygen atoms in total. The Morgan fingerprint density at radius 1 is 0.818 bits per heavy atom. The number of benzene rings is 1. The predicted octanol–water partition coefficient (Wildman–Crippen LogP) is 6.28. The molecule has 0 saturated heterocycles. The largest absolute Gasteiger partial charge is 0.508 e. The van der Waals surface area contributed by atoms with Crippen LogP contribution >= 0.6 is 0 Å². The first kappa shape index (κ1) is 21.6. The van der Waals surface area contributed by atoms with Crippen LogP contribution in [-0.4, -0.2) is 32.0 Å². The molecule has 1 aromatic rings. The van der Waals surface area contributed by atoms with Crippen LogP contribution in [0.25, 0.3) is 0 Å². The fourth-order valence-corrected chi connectivity index (χ4v) is 11.7. The van der Waals surface area contributed by atoms with Gasteiger partial charge < -0.3 is 9.84 Å². The van der Waals surface area contributed by atoms with Crippen LogP contribution in [0.15, 0.2) is 24.3 Å². The van der Waals surface area contributed by atoms with Crippen molar-refractivity contribution in [3.63, 3.8) is 0 Å². The molecule has 0 aliphatic heterocycles. The Bertz CT molecular complexity index is 319. The van der Waals surface area contributed by atoms with Gasteiger partial charge in [0.05, 0.1) is 7.11 Å². The summed E-state index contributed by atoms with van der Waals surface area (Å²) in [6.45, 7) is 7.00. The quantitative estimate of drug-likeness (QED) is 0.457. The van der Waals surface area contributed by atoms with Crippen molar-refractivity contribution in [2.24, 2.45) is 0 Å². The Morgan fingerprint density at radius 2 is 1.23 bits per heavy atom. The van der Waals surface area contributed by atoms with Gasteiger partial charge in [-0.2, -0.15) is 0 Å². The molecule has 0 spiro atoms. The van der Waals surface area contributed by atoms with E-state index in [0.717, 1.165) is 5.75 Å². The normalized spacial score (nSPS) is 10.2. The molecule has 0 aromatic heterocycles. The van der Waals surface area contributed by atoms with E-state index in [1.165, 1.54) is 38.5 Å². The van der Waals surface area contributed by atoms with Gasteiger partial charge in [-0.25, -0.2) is 0 Å². The fourth-order valence-electron chi connectivity index (χ4n) is 2.24. The number of phenols is 1. The number of methoxy groups -OCH3 is 1. The van der Waals surface area contributed by atoms with E-state index in [0.29, 0.717) is 0 Å². The molecule has 3 heteroatoms. The summed E-state index contributed by atoms with van der Waals surface area (Å²) in [5.74, 6) is 1.02. The Balaban J connectivity index is 0.000000425. The smallest absolute Gasteiger partial charge is 0.119 e. The molecule has 127 valence electrons. The summed E-state index contributed by atoms with van der Waals surface area (Å²) < 4.78 is 9.90. The molecule has 0 fully saturated rings. The zero-order valence-corrected chi connectivity index (χ0v) is 17.9. The Morgan fingerprint density at radius 3 is 1.55 bits per heavy atom. The molecule has 1 N–H and O–H groups in total. The van der Waals surface area contributed by atoms with E-state index in [9.17, 15) is 0 Å². The molecule has 0 bridgehead atoms. The van der Waals surface area contributed by atoms with Gasteiger partial charge in [0.2, 0.25) is 0 Å². The fraction of sp³-hybridized carbons (Fsp3) is 0.684. The maximum atomic E-state index is 8.80. The monoisotopic (exact) mass is 415 g/mol. The van der Waals surface area contributed by atoms with Crippen molar-refractivity contribution >= 4 is 19.8 Å². The van der Waals surface area contributed by atoms with Crippen molar-refractivity contribution in [2.75, 3.05) is 7.11 Å². The average Bonchev–Trinajstić information content (AvgIpc) is 2.55. The third kappa shape index (κ3) is 12.2. The van der Waals surface area contributed by atoms with Gasteiger partial charge in [-0.1, -0.05) is 0 Å². The minimum Gasteiger partial charge on any atom is -0.508 e. The topological polar surface area (TPSA) is 29.5 Å². The summed E-state index contributed by atoms with van der Waals surface area (Å²) in [4.78, 5) is 0. The summed E-state index contributed by atoms with van der Waals surface area (Å²) in [7, 11) is 1.59. The van der Waals surface area contributed by atoms with Crippen molar-refractivity contribution in [1.29, 1.82) is 0 Å². The van der Waals surface area contributed by atoms with Gasteiger partial charge in [-0.05, 0) is 24.3 Å². The molecule has 0 unspecified atom stereocenters. The zero-order chi connectivity index (χ0) is 16.6. The van der Waals surface area contributed by atoms with Gasteiger partial charge >= 0.3 is 92.4 Å². The van der Waals surface area contributed by atoms with E-state index >= 15 is 0 Å². The molecule has 0 heterocycles. The maximum Gasteiger partial charge on any atom is 0.119 e. The Kier molecular flexibility index (Phi) is 15.2. The first-order valence-corrected chi connectivity index (χ1v) is 14.9. The van der Waals surface area contributed by atoms with Crippen LogP contribution in [0.2, 0.25) is 13.3 Å². The second-order valence-corrected chi connectivity index (χ2v) is 14.3. The van der Waals surface area contributed by atoms with Crippen LogP contribution in [0, 0.1) is 0 Å². The molecule has 0 amide bonds. The Labute approximate surface area is 145 Å². The van der Waals surface area contributed by atoms with Crippen molar-refractivity contribution in [3.05, 3.63) is 24.3 Å². The molecule has 0 aliphatic rings. The van der Waals surface area contributed by atoms with Crippen LogP contribution < -0.4 is 4.74 Å². The van der Waals surface area contributed by atoms with Crippen LogP contribution in [0.4, 0.5) is 0 Å². The summed E-state index contributed by atoms with van der Waals surface area (Å²) in [5, 5.41) is 8.80. The first-order chi connectivity index (χ1) is 10.7. The standard InChI is InChI=1S/C7H8O2.3C4H9.Sn/c1-9-7-4-2-6(8)3-5-7;3*1-3-4-2;/h2-5,8H,1H3;3*1,3-4H2,2H3;. The molecule has 1 radical (unpaired) electrons. The van der Waals surface area contributed by atoms with E-state index in [1.54, 1.807) is 44.7 Å². The summed E-state index contributed by atoms with van der Waals surface area (Å²) >= 11 is -0.839. The van der Waals surface area contributed by atoms with E-state index in [2.05, 4.69) is 20.8 Å². The van der Waals surface area contributed by atoms with Crippen molar-refractivity contribution in [3.8, 4) is 11.5 Å². The molecule has 1 aromatic carbocycles. The van der Waals surface area contributed by atoms with E-state index in [-0.39, 0.29) is 5.75 Å². The van der Waals surface area contributed by atoms with Crippen LogP contribution in [0.5, 0.6) is 11.5 Å². The minimum atomic E-state index is -0.839. The first-order valence-electron chi connectivity index (χ1n) is 8.84. The van der Waals surface area contributed by atoms with E-state index in [4.69, 9.17) is 9.84 Å². The summed E-state index contributed by atoms with van der Waals surface area (Å²) in [6.07, 6.45) is 8.85. The molecule has 0 atom stereocenters. The summed E-state index contributed by atoms with van der Waals surface area (Å²) in [5.41, 5.74) is 0. The van der Waals surface area contributed by atoms with Gasteiger partial charge in [0.1, 0.15) is 11.5 Å². The van der Waals surface area contributed by atoms with Gasteiger partial charge in [0.15, 0.2) is 0 Å². The van der Waals surface area contributed by atoms with Crippen molar-refractivity contribution in [2.45, 2.75) is 72.6 Å². The van der Waals surface area contributed by atoms with Crippen LogP contribution in [-0.2, 0) is 0 Å². The molecule has 1 rings (SSSR count).